The minimum absolute atomic E-state index is 0.213. The van der Waals surface area contributed by atoms with Gasteiger partial charge in [0.2, 0.25) is 5.91 Å². The largest absolute Gasteiger partial charge is 0.493 e. The Morgan fingerprint density at radius 1 is 1.24 bits per heavy atom. The number of aromatic carboxylic acids is 1. The van der Waals surface area contributed by atoms with Crippen LogP contribution in [0.15, 0.2) is 30.3 Å². The molecule has 1 heterocycles. The predicted molar refractivity (Wildman–Crippen MR) is 77.1 cm³/mol. The number of rotatable bonds is 6. The summed E-state index contributed by atoms with van der Waals surface area (Å²) in [4.78, 5) is 22.9. The number of primary amides is 1. The van der Waals surface area contributed by atoms with Crippen molar-refractivity contribution in [2.45, 2.75) is 6.61 Å². The number of carboxylic acid groups (broad SMARTS) is 1. The van der Waals surface area contributed by atoms with E-state index in [1.807, 2.05) is 0 Å². The summed E-state index contributed by atoms with van der Waals surface area (Å²) < 4.78 is 10.7. The van der Waals surface area contributed by atoms with Gasteiger partial charge in [-0.05, 0) is 30.3 Å². The Bertz CT molecular complexity index is 680. The van der Waals surface area contributed by atoms with E-state index in [1.54, 1.807) is 12.1 Å². The number of carbonyl (C=O) groups excluding carboxylic acids is 1. The van der Waals surface area contributed by atoms with Gasteiger partial charge in [-0.25, -0.2) is 4.79 Å². The molecule has 0 spiro atoms. The minimum Gasteiger partial charge on any atom is -0.493 e. The van der Waals surface area contributed by atoms with Crippen molar-refractivity contribution < 1.29 is 24.2 Å². The van der Waals surface area contributed by atoms with Gasteiger partial charge < -0.3 is 20.3 Å². The van der Waals surface area contributed by atoms with E-state index in [4.69, 9.17) is 20.3 Å². The zero-order chi connectivity index (χ0) is 15.4. The normalized spacial score (nSPS) is 10.1. The summed E-state index contributed by atoms with van der Waals surface area (Å²) in [5, 5.41) is 8.85. The van der Waals surface area contributed by atoms with Gasteiger partial charge in [0.25, 0.3) is 0 Å². The molecule has 1 aromatic heterocycles. The first-order valence-corrected chi connectivity index (χ1v) is 6.75. The molecule has 0 fully saturated rings. The lowest BCUT2D eigenvalue weighted by Crippen LogP contribution is -2.11. The lowest BCUT2D eigenvalue weighted by Gasteiger charge is -2.10. The summed E-state index contributed by atoms with van der Waals surface area (Å²) >= 11 is 1.14. The Balaban J connectivity index is 2.11. The summed E-state index contributed by atoms with van der Waals surface area (Å²) in [5.74, 6) is -0.673. The van der Waals surface area contributed by atoms with Crippen molar-refractivity contribution in [3.05, 3.63) is 45.6 Å². The third kappa shape index (κ3) is 3.51. The second-order valence-electron chi connectivity index (χ2n) is 4.09. The fourth-order valence-electron chi connectivity index (χ4n) is 1.66. The Morgan fingerprint density at radius 3 is 2.57 bits per heavy atom. The SMILES string of the molecule is COc1cc(C(N)=O)ccc1OCc1ccc(C(=O)O)s1. The highest BCUT2D eigenvalue weighted by Gasteiger charge is 2.11. The molecular formula is C14H13NO5S. The number of thiophene rings is 1. The molecule has 1 amide bonds. The van der Waals surface area contributed by atoms with E-state index in [-0.39, 0.29) is 11.5 Å². The Kier molecular flexibility index (Phi) is 4.44. The number of amides is 1. The van der Waals surface area contributed by atoms with E-state index in [2.05, 4.69) is 0 Å². The van der Waals surface area contributed by atoms with Crippen LogP contribution in [-0.2, 0) is 6.61 Å². The monoisotopic (exact) mass is 307 g/mol. The van der Waals surface area contributed by atoms with Gasteiger partial charge in [0.15, 0.2) is 11.5 Å². The van der Waals surface area contributed by atoms with E-state index in [0.717, 1.165) is 16.2 Å². The van der Waals surface area contributed by atoms with E-state index in [0.29, 0.717) is 17.1 Å². The van der Waals surface area contributed by atoms with Gasteiger partial charge in [-0.15, -0.1) is 11.3 Å². The fraction of sp³-hybridized carbons (Fsp3) is 0.143. The lowest BCUT2D eigenvalue weighted by molar-refractivity contribution is 0.0702. The highest BCUT2D eigenvalue weighted by atomic mass is 32.1. The van der Waals surface area contributed by atoms with E-state index in [9.17, 15) is 9.59 Å². The quantitative estimate of drug-likeness (QED) is 0.851. The number of nitrogens with two attached hydrogens (primary N) is 1. The van der Waals surface area contributed by atoms with Crippen LogP contribution in [0.1, 0.15) is 24.9 Å². The number of hydrogen-bond donors (Lipinski definition) is 2. The topological polar surface area (TPSA) is 98.9 Å². The molecule has 3 N–H and O–H groups in total. The summed E-state index contributed by atoms with van der Waals surface area (Å²) in [6.07, 6.45) is 0. The minimum atomic E-state index is -0.963. The third-order valence-electron chi connectivity index (χ3n) is 2.69. The summed E-state index contributed by atoms with van der Waals surface area (Å²) in [5.41, 5.74) is 5.52. The van der Waals surface area contributed by atoms with Crippen molar-refractivity contribution in [1.82, 2.24) is 0 Å². The second kappa shape index (κ2) is 6.27. The molecule has 7 heteroatoms. The highest BCUT2D eigenvalue weighted by Crippen LogP contribution is 2.29. The maximum absolute atomic E-state index is 11.1. The molecule has 6 nitrogen and oxygen atoms in total. The fourth-order valence-corrected chi connectivity index (χ4v) is 2.42. The van der Waals surface area contributed by atoms with Crippen LogP contribution in [0.3, 0.4) is 0 Å². The van der Waals surface area contributed by atoms with Crippen molar-refractivity contribution >= 4 is 23.2 Å². The van der Waals surface area contributed by atoms with Gasteiger partial charge in [0.05, 0.1) is 7.11 Å². The standard InChI is InChI=1S/C14H13NO5S/c1-19-11-6-8(13(15)16)2-4-10(11)20-7-9-3-5-12(21-9)14(17)18/h2-6H,7H2,1H3,(H2,15,16)(H,17,18). The molecule has 1 aromatic carbocycles. The van der Waals surface area contributed by atoms with Crippen LogP contribution in [0.5, 0.6) is 11.5 Å². The van der Waals surface area contributed by atoms with Crippen molar-refractivity contribution in [3.8, 4) is 11.5 Å². The lowest BCUT2D eigenvalue weighted by atomic mass is 10.2. The van der Waals surface area contributed by atoms with Gasteiger partial charge in [0.1, 0.15) is 11.5 Å². The van der Waals surface area contributed by atoms with Gasteiger partial charge in [-0.1, -0.05) is 0 Å². The number of benzene rings is 1. The molecule has 110 valence electrons. The maximum atomic E-state index is 11.1. The zero-order valence-corrected chi connectivity index (χ0v) is 12.0. The molecule has 0 aliphatic carbocycles. The van der Waals surface area contributed by atoms with Crippen LogP contribution in [0.25, 0.3) is 0 Å². The Morgan fingerprint density at radius 2 is 2.00 bits per heavy atom. The predicted octanol–water partition coefficient (Wildman–Crippen LogP) is 2.13. The van der Waals surface area contributed by atoms with Crippen LogP contribution in [0.4, 0.5) is 0 Å². The van der Waals surface area contributed by atoms with Crippen LogP contribution < -0.4 is 15.2 Å². The molecule has 0 atom stereocenters. The third-order valence-corrected chi connectivity index (χ3v) is 3.74. The molecule has 0 saturated carbocycles. The highest BCUT2D eigenvalue weighted by molar-refractivity contribution is 7.13. The first-order valence-electron chi connectivity index (χ1n) is 5.94. The average Bonchev–Trinajstić information content (AvgIpc) is 2.93. The molecule has 0 aliphatic heterocycles. The second-order valence-corrected chi connectivity index (χ2v) is 5.26. The maximum Gasteiger partial charge on any atom is 0.345 e. The Hall–Kier alpha value is -2.54. The van der Waals surface area contributed by atoms with E-state index < -0.39 is 11.9 Å². The van der Waals surface area contributed by atoms with E-state index in [1.165, 1.54) is 25.3 Å². The first kappa shape index (κ1) is 14.9. The molecule has 0 aliphatic rings. The van der Waals surface area contributed by atoms with Gasteiger partial charge in [0, 0.05) is 10.4 Å². The summed E-state index contributed by atoms with van der Waals surface area (Å²) in [7, 11) is 1.46. The molecule has 21 heavy (non-hydrogen) atoms. The molecule has 2 aromatic rings. The average molecular weight is 307 g/mol. The van der Waals surface area contributed by atoms with Gasteiger partial charge >= 0.3 is 5.97 Å². The van der Waals surface area contributed by atoms with Crippen LogP contribution in [-0.4, -0.2) is 24.1 Å². The summed E-state index contributed by atoms with van der Waals surface area (Å²) in [6, 6.07) is 7.84. The number of carbonyl (C=O) groups is 2. The van der Waals surface area contributed by atoms with Gasteiger partial charge in [-0.2, -0.15) is 0 Å². The first-order chi connectivity index (χ1) is 10.0. The number of hydrogen-bond acceptors (Lipinski definition) is 5. The van der Waals surface area contributed by atoms with Crippen LogP contribution in [0.2, 0.25) is 0 Å². The van der Waals surface area contributed by atoms with Crippen molar-refractivity contribution in [2.75, 3.05) is 7.11 Å². The number of methoxy groups -OCH3 is 1. The van der Waals surface area contributed by atoms with Gasteiger partial charge in [-0.3, -0.25) is 4.79 Å². The molecular weight excluding hydrogens is 294 g/mol. The van der Waals surface area contributed by atoms with Crippen molar-refractivity contribution in [3.63, 3.8) is 0 Å². The molecule has 2 rings (SSSR count). The smallest absolute Gasteiger partial charge is 0.345 e. The Labute approximate surface area is 124 Å². The van der Waals surface area contributed by atoms with Crippen LogP contribution in [0, 0.1) is 0 Å². The molecule has 0 bridgehead atoms. The van der Waals surface area contributed by atoms with Crippen molar-refractivity contribution in [2.24, 2.45) is 5.73 Å². The molecule has 0 saturated heterocycles. The molecule has 0 radical (unpaired) electrons. The van der Waals surface area contributed by atoms with E-state index >= 15 is 0 Å². The number of ether oxygens (including phenoxy) is 2. The van der Waals surface area contributed by atoms with Crippen molar-refractivity contribution in [1.29, 1.82) is 0 Å². The molecule has 0 unspecified atom stereocenters. The summed E-state index contributed by atoms with van der Waals surface area (Å²) in [6.45, 7) is 0.213. The zero-order valence-electron chi connectivity index (χ0n) is 11.2. The number of carboxylic acids is 1. The van der Waals surface area contributed by atoms with Crippen LogP contribution >= 0.6 is 11.3 Å².